The van der Waals surface area contributed by atoms with Crippen LogP contribution < -0.4 is 10.9 Å². The number of hydrogen-bond donors (Lipinski definition) is 0. The van der Waals surface area contributed by atoms with Gasteiger partial charge in [0.25, 0.3) is 0 Å². The Hall–Kier alpha value is -1.44. The smallest absolute Gasteiger partial charge is 0.178 e. The molecule has 0 atom stereocenters. The summed E-state index contributed by atoms with van der Waals surface area (Å²) in [5.41, 5.74) is -0.310. The molecule has 0 unspecified atom stereocenters. The van der Waals surface area contributed by atoms with Crippen LogP contribution in [0.25, 0.3) is 0 Å². The molecule has 0 aliphatic rings. The van der Waals surface area contributed by atoms with Crippen LogP contribution in [0.3, 0.4) is 0 Å². The number of hydrogen-bond acceptors (Lipinski definition) is 2. The first kappa shape index (κ1) is 6.68. The van der Waals surface area contributed by atoms with Gasteiger partial charge in [0.2, 0.25) is 0 Å². The lowest BCUT2D eigenvalue weighted by atomic mass is 10.4. The molecule has 0 spiro atoms. The van der Waals surface area contributed by atoms with E-state index in [1.54, 1.807) is 12.1 Å². The van der Waals surface area contributed by atoms with Crippen LogP contribution in [0.5, 0.6) is 0 Å². The van der Waals surface area contributed by atoms with Crippen LogP contribution in [-0.2, 0) is 0 Å². The molecule has 0 heterocycles. The van der Waals surface area contributed by atoms with Crippen molar-refractivity contribution in [1.29, 1.82) is 0 Å². The summed E-state index contributed by atoms with van der Waals surface area (Å²) in [6.07, 6.45) is 0. The molecule has 0 aliphatic carbocycles. The maximum absolute atomic E-state index is 10.6. The first-order valence-electron chi connectivity index (χ1n) is 2.90. The van der Waals surface area contributed by atoms with Crippen molar-refractivity contribution >= 4 is 0 Å². The Kier molecular flexibility index (Phi) is 1.95. The first-order valence-corrected chi connectivity index (χ1v) is 2.90. The van der Waals surface area contributed by atoms with Gasteiger partial charge in [-0.2, -0.15) is 0 Å². The summed E-state index contributed by atoms with van der Waals surface area (Å²) in [7, 11) is 0. The molecular weight excluding hydrogens is 128 g/mol. The summed E-state index contributed by atoms with van der Waals surface area (Å²) in [6, 6.07) is 8.40. The first-order chi connectivity index (χ1) is 4.79. The van der Waals surface area contributed by atoms with Gasteiger partial charge in [0, 0.05) is 0 Å². The summed E-state index contributed by atoms with van der Waals surface area (Å²) in [5, 5.41) is 0. The van der Waals surface area contributed by atoms with Gasteiger partial charge < -0.3 is 0 Å². The second kappa shape index (κ2) is 2.92. The largest absolute Gasteiger partial charge is 0.290 e. The lowest BCUT2D eigenvalue weighted by molar-refractivity contribution is 1.55. The Morgan fingerprint density at radius 3 is 1.50 bits per heavy atom. The van der Waals surface area contributed by atoms with Gasteiger partial charge in [-0.3, -0.25) is 9.59 Å². The third-order valence-corrected chi connectivity index (χ3v) is 1.04. The van der Waals surface area contributed by atoms with Gasteiger partial charge in [-0.25, -0.2) is 0 Å². The SMILES string of the molecule is O=c1ccccc(=O)cc1. The summed E-state index contributed by atoms with van der Waals surface area (Å²) < 4.78 is 0. The molecule has 1 aromatic carbocycles. The summed E-state index contributed by atoms with van der Waals surface area (Å²) in [5.74, 6) is 0. The highest BCUT2D eigenvalue weighted by molar-refractivity contribution is 5.00. The molecule has 1 rings (SSSR count). The highest BCUT2D eigenvalue weighted by Gasteiger charge is 1.75. The second-order valence-electron chi connectivity index (χ2n) is 1.86. The van der Waals surface area contributed by atoms with E-state index >= 15 is 0 Å². The molecule has 0 saturated heterocycles. The van der Waals surface area contributed by atoms with E-state index in [1.165, 1.54) is 24.3 Å². The molecule has 0 aromatic heterocycles. The third kappa shape index (κ3) is 1.82. The minimum absolute atomic E-state index is 0.155. The maximum atomic E-state index is 10.6. The Balaban J connectivity index is 3.44. The van der Waals surface area contributed by atoms with E-state index in [1.807, 2.05) is 0 Å². The standard InChI is InChI=1S/C8H6O2/c9-7-3-1-2-4-8(10)6-5-7/h1-6H. The van der Waals surface area contributed by atoms with Gasteiger partial charge in [0.1, 0.15) is 0 Å². The van der Waals surface area contributed by atoms with E-state index in [9.17, 15) is 9.59 Å². The number of rotatable bonds is 0. The van der Waals surface area contributed by atoms with Crippen molar-refractivity contribution in [3.63, 3.8) is 0 Å². The van der Waals surface area contributed by atoms with Crippen molar-refractivity contribution < 1.29 is 0 Å². The summed E-state index contributed by atoms with van der Waals surface area (Å²) >= 11 is 0. The van der Waals surface area contributed by atoms with Gasteiger partial charge in [0.15, 0.2) is 10.9 Å². The van der Waals surface area contributed by atoms with Gasteiger partial charge in [-0.15, -0.1) is 0 Å². The quantitative estimate of drug-likeness (QED) is 0.515. The average molecular weight is 134 g/mol. The van der Waals surface area contributed by atoms with Gasteiger partial charge in [0.05, 0.1) is 0 Å². The minimum Gasteiger partial charge on any atom is -0.290 e. The molecule has 2 nitrogen and oxygen atoms in total. The highest BCUT2D eigenvalue weighted by Crippen LogP contribution is 1.68. The zero-order valence-corrected chi connectivity index (χ0v) is 5.28. The normalized spacial score (nSPS) is 8.80. The van der Waals surface area contributed by atoms with Crippen molar-refractivity contribution in [2.75, 3.05) is 0 Å². The second-order valence-corrected chi connectivity index (χ2v) is 1.86. The van der Waals surface area contributed by atoms with E-state index in [4.69, 9.17) is 0 Å². The van der Waals surface area contributed by atoms with Gasteiger partial charge in [-0.05, 0) is 24.3 Å². The van der Waals surface area contributed by atoms with Gasteiger partial charge >= 0.3 is 0 Å². The lowest BCUT2D eigenvalue weighted by Gasteiger charge is -1.70. The maximum Gasteiger partial charge on any atom is 0.178 e. The predicted molar refractivity (Wildman–Crippen MR) is 39.0 cm³/mol. The Bertz CT molecular complexity index is 296. The van der Waals surface area contributed by atoms with Crippen LogP contribution in [0.15, 0.2) is 46.0 Å². The summed E-state index contributed by atoms with van der Waals surface area (Å²) in [4.78, 5) is 21.2. The molecule has 1 aromatic rings. The highest BCUT2D eigenvalue weighted by atomic mass is 16.1. The topological polar surface area (TPSA) is 34.1 Å². The molecule has 10 heavy (non-hydrogen) atoms. The predicted octanol–water partition coefficient (Wildman–Crippen LogP) is 0.407. The Morgan fingerprint density at radius 2 is 1.10 bits per heavy atom. The molecule has 0 N–H and O–H groups in total. The molecule has 0 aliphatic heterocycles. The van der Waals surface area contributed by atoms with E-state index in [0.29, 0.717) is 0 Å². The molecule has 0 saturated carbocycles. The van der Waals surface area contributed by atoms with Crippen molar-refractivity contribution in [2.24, 2.45) is 0 Å². The molecule has 0 bridgehead atoms. The molecular formula is C8H6O2. The van der Waals surface area contributed by atoms with E-state index in [0.717, 1.165) is 0 Å². The van der Waals surface area contributed by atoms with Crippen LogP contribution in [0, 0.1) is 0 Å². The Morgan fingerprint density at radius 1 is 0.700 bits per heavy atom. The van der Waals surface area contributed by atoms with Gasteiger partial charge in [-0.1, -0.05) is 12.1 Å². The van der Waals surface area contributed by atoms with Crippen molar-refractivity contribution in [3.05, 3.63) is 56.8 Å². The zero-order chi connectivity index (χ0) is 7.40. The zero-order valence-electron chi connectivity index (χ0n) is 5.28. The fourth-order valence-electron chi connectivity index (χ4n) is 0.576. The van der Waals surface area contributed by atoms with E-state index in [-0.39, 0.29) is 10.9 Å². The van der Waals surface area contributed by atoms with E-state index < -0.39 is 0 Å². The fraction of sp³-hybridized carbons (Fsp3) is 0. The van der Waals surface area contributed by atoms with Crippen molar-refractivity contribution in [2.45, 2.75) is 0 Å². The molecule has 0 amide bonds. The fourth-order valence-corrected chi connectivity index (χ4v) is 0.576. The molecule has 2 heteroatoms. The van der Waals surface area contributed by atoms with Crippen LogP contribution in [0.4, 0.5) is 0 Å². The molecule has 0 radical (unpaired) electrons. The lowest BCUT2D eigenvalue weighted by Crippen LogP contribution is -1.97. The van der Waals surface area contributed by atoms with E-state index in [2.05, 4.69) is 0 Å². The third-order valence-electron chi connectivity index (χ3n) is 1.04. The van der Waals surface area contributed by atoms with Crippen LogP contribution >= 0.6 is 0 Å². The average Bonchev–Trinajstić information content (AvgIpc) is 1.90. The Labute approximate surface area is 57.8 Å². The van der Waals surface area contributed by atoms with Crippen LogP contribution in [0.2, 0.25) is 0 Å². The van der Waals surface area contributed by atoms with Crippen LogP contribution in [0.1, 0.15) is 0 Å². The molecule has 0 fully saturated rings. The summed E-state index contributed by atoms with van der Waals surface area (Å²) in [6.45, 7) is 0. The van der Waals surface area contributed by atoms with Crippen LogP contribution in [-0.4, -0.2) is 0 Å². The van der Waals surface area contributed by atoms with Crippen molar-refractivity contribution in [1.82, 2.24) is 0 Å². The molecule has 50 valence electrons. The monoisotopic (exact) mass is 134 g/mol. The van der Waals surface area contributed by atoms with Crippen molar-refractivity contribution in [3.8, 4) is 0 Å². The minimum atomic E-state index is -0.155.